The van der Waals surface area contributed by atoms with Gasteiger partial charge in [-0.3, -0.25) is 14.4 Å². The van der Waals surface area contributed by atoms with Gasteiger partial charge in [0.25, 0.3) is 0 Å². The molecular weight excluding hydrogens is 1600 g/mol. The fourth-order valence-corrected chi connectivity index (χ4v) is 9.46. The van der Waals surface area contributed by atoms with Crippen LogP contribution in [0.1, 0.15) is 248 Å². The molecule has 12 saturated heterocycles. The summed E-state index contributed by atoms with van der Waals surface area (Å²) >= 11 is 0. The molecule has 0 bridgehead atoms. The Morgan fingerprint density at radius 1 is 0.431 bits per heavy atom. The van der Waals surface area contributed by atoms with E-state index in [9.17, 15) is 35.6 Å². The number of ether oxygens (including phenoxy) is 2. The van der Waals surface area contributed by atoms with E-state index in [2.05, 4.69) is 320 Å². The predicted octanol–water partition coefficient (Wildman–Crippen LogP) is 11.4. The molecule has 3 amide bonds. The Morgan fingerprint density at radius 2 is 0.740 bits per heavy atom. The lowest BCUT2D eigenvalue weighted by Gasteiger charge is -2.48. The van der Waals surface area contributed by atoms with Crippen molar-refractivity contribution in [3.8, 4) is 0 Å². The molecule has 30 heteroatoms. The number of likely N-dealkylation sites (N-methyl/N-ethyl adjacent to an activating group) is 2. The van der Waals surface area contributed by atoms with Crippen LogP contribution in [0.4, 0.5) is 4.39 Å². The number of amides is 3. The molecule has 12 heterocycles. The van der Waals surface area contributed by atoms with Gasteiger partial charge < -0.3 is 98.6 Å². The third-order valence-corrected chi connectivity index (χ3v) is 16.2. The summed E-state index contributed by atoms with van der Waals surface area (Å²) in [6, 6.07) is 0.296. The number of carbonyl (C=O) groups is 3. The average Bonchev–Trinajstić information content (AvgIpc) is 0.790. The van der Waals surface area contributed by atoms with Crippen molar-refractivity contribution in [2.45, 2.75) is 260 Å². The highest BCUT2D eigenvalue weighted by molar-refractivity contribution is 7.91. The summed E-state index contributed by atoms with van der Waals surface area (Å²) in [6.07, 6.45) is 3.79. The monoisotopic (exact) mass is 1810 g/mol. The van der Waals surface area contributed by atoms with Gasteiger partial charge in [0.1, 0.15) is 0 Å². The maximum absolute atomic E-state index is 13.2. The quantitative estimate of drug-likeness (QED) is 0.0709. The van der Waals surface area contributed by atoms with Crippen molar-refractivity contribution in [3.05, 3.63) is 11.4 Å². The van der Waals surface area contributed by atoms with Gasteiger partial charge >= 0.3 is 0 Å². The van der Waals surface area contributed by atoms with Gasteiger partial charge in [0.2, 0.25) is 34.3 Å². The first-order chi connectivity index (χ1) is 57.1. The van der Waals surface area contributed by atoms with Crippen LogP contribution in [0.15, 0.2) is 0 Å². The number of nitrogens with one attached hydrogen (secondary N) is 14. The van der Waals surface area contributed by atoms with Crippen LogP contribution in [0.3, 0.4) is 0 Å². The topological polar surface area (TPSA) is 320 Å². The highest BCUT2D eigenvalue weighted by Crippen LogP contribution is 2.30. The third kappa shape index (κ3) is 157. The number of hydrogen-bond acceptors (Lipinski definition) is 22. The Balaban J connectivity index is -0.000000137. The maximum Gasteiger partial charge on any atom is 0.248 e. The zero-order chi connectivity index (χ0) is 97.1. The van der Waals surface area contributed by atoms with Gasteiger partial charge in [0.05, 0.1) is 70.4 Å². The van der Waals surface area contributed by atoms with Crippen LogP contribution >= 0.6 is 0 Å². The van der Waals surface area contributed by atoms with Crippen molar-refractivity contribution < 1.29 is 45.1 Å². The van der Waals surface area contributed by atoms with E-state index in [1.54, 1.807) is 4.90 Å². The molecule has 12 aliphatic heterocycles. The second-order valence-corrected chi connectivity index (χ2v) is 43.7. The van der Waals surface area contributed by atoms with Crippen molar-refractivity contribution in [2.75, 3.05) is 255 Å². The van der Waals surface area contributed by atoms with Crippen LogP contribution in [0, 0.1) is 77.1 Å². The summed E-state index contributed by atoms with van der Waals surface area (Å²) in [5.74, 6) is 8.63. The van der Waals surface area contributed by atoms with Crippen molar-refractivity contribution >= 4 is 38.1 Å². The van der Waals surface area contributed by atoms with Gasteiger partial charge in [-0.05, 0) is 105 Å². The van der Waals surface area contributed by atoms with E-state index in [1.807, 2.05) is 7.05 Å². The Labute approximate surface area is 763 Å². The molecule has 123 heavy (non-hydrogen) atoms. The fourth-order valence-electron chi connectivity index (χ4n) is 7.50. The Hall–Kier alpha value is -2.91. The molecule has 12 aliphatic rings. The van der Waals surface area contributed by atoms with Gasteiger partial charge in [0, 0.05) is 169 Å². The van der Waals surface area contributed by atoms with Crippen molar-refractivity contribution in [1.29, 1.82) is 0 Å². The van der Waals surface area contributed by atoms with E-state index in [-0.39, 0.29) is 11.8 Å². The number of alkyl halides is 1. The van der Waals surface area contributed by atoms with Crippen LogP contribution in [-0.2, 0) is 43.7 Å². The van der Waals surface area contributed by atoms with E-state index in [0.717, 1.165) is 196 Å². The van der Waals surface area contributed by atoms with Crippen molar-refractivity contribution in [2.24, 2.45) is 70.5 Å². The zero-order valence-electron chi connectivity index (χ0n) is 87.2. The van der Waals surface area contributed by atoms with Gasteiger partial charge in [-0.1, -0.05) is 228 Å². The first-order valence-corrected chi connectivity index (χ1v) is 51.0. The molecule has 748 valence electrons. The summed E-state index contributed by atoms with van der Waals surface area (Å²) < 4.78 is 67.7. The third-order valence-electron chi connectivity index (χ3n) is 13.3. The van der Waals surface area contributed by atoms with Crippen LogP contribution in [0.5, 0.6) is 0 Å². The molecule has 27 nitrogen and oxygen atoms in total. The molecule has 12 fully saturated rings. The van der Waals surface area contributed by atoms with E-state index >= 15 is 0 Å². The lowest BCUT2D eigenvalue weighted by molar-refractivity contribution is -0.139. The minimum Gasteiger partial charge on any atom is -0.380 e. The largest absolute Gasteiger partial charge is 0.380 e. The minimum atomic E-state index is -2.93. The number of nitrogens with zero attached hydrogens (tertiary/aromatic N) is 4. The molecule has 12 rings (SSSR count). The van der Waals surface area contributed by atoms with Crippen molar-refractivity contribution in [3.63, 3.8) is 0 Å². The normalized spacial score (nSPS) is 19.0. The SMILES string of the molecule is C1CNC1.C1CNCCN1.C1COCCN1.C1NCC12COC2.CC(C)C.CC(C)C.CC(C)C.CC(C)C.CC(C)C.CC(C)C.CC(C)C.CC(C)C.CC(C)C.CC(C)C.CC(C)C.CN1CCNCC1.CN1CCNCC1=O.CS(=O)(=O)N1CCNCC1.O=C1CNCCN1.O=CNC1(F)CCNCC1.O=S1(=O)CCNCC1.[C-]#[N+]C1CNC1. The van der Waals surface area contributed by atoms with Crippen LogP contribution < -0.4 is 74.4 Å². The number of hydrogen-bond donors (Lipinski definition) is 14. The maximum atomic E-state index is 13.2. The van der Waals surface area contributed by atoms with Gasteiger partial charge in [0.15, 0.2) is 15.6 Å². The predicted molar refractivity (Wildman–Crippen MR) is 535 cm³/mol. The Morgan fingerprint density at radius 3 is 0.886 bits per heavy atom. The minimum absolute atomic E-state index is 0.103. The molecule has 1 spiro atoms. The summed E-state index contributed by atoms with van der Waals surface area (Å²) in [6.45, 7) is 110. The van der Waals surface area contributed by atoms with Crippen molar-refractivity contribution in [1.82, 2.24) is 88.5 Å². The number of rotatable bonds is 3. The van der Waals surface area contributed by atoms with Gasteiger partial charge in [-0.15, -0.1) is 0 Å². The standard InChI is InChI=1S/C6H11FN2O.C5H12N2O2S.C5H10N2O.C5H12N2.C5H9NO.C4H8N2O.C4H6N2.C4H10N2.C4H9NO2S.C4H9NO.11C4H10.C3H7N/c7-6(9-5-10)1-3-8-4-2-6;1-10(8,9)7-4-2-6-3-5-7;1-7-3-2-6-4-5(7)8;1-7-4-2-6-3-5-7;1-5(2-6-1)3-7-4-5;7-4-3-5-1-2-6-4;1-5-4-2-6-3-4;1-2-6-4-3-5-1;6-8(7)3-1-5-2-4-8;1-3-6-4-2-5-1;11*1-4(2)3;1-2-4-3-1/h5,8H,1-4H2,(H,9,10);6H,2-5H2,1H3;6H,2-4H2,1H3;6H,2-5H2,1H3;6H,1-4H2;5H,1-3H2,(H,6,7);4,6H,2-3H2;5-6H,1-4H2;5H,1-4H2;5H,1-4H2;11*4H,1-3H3;4H,1-3H2. The molecule has 0 aliphatic carbocycles. The van der Waals surface area contributed by atoms with E-state index in [0.29, 0.717) is 94.6 Å². The highest BCUT2D eigenvalue weighted by atomic mass is 32.2. The second-order valence-electron chi connectivity index (χ2n) is 39.4. The number of sulfone groups is 1. The number of sulfonamides is 1. The molecule has 0 aromatic rings. The molecule has 0 aromatic heterocycles. The van der Waals surface area contributed by atoms with Gasteiger partial charge in [-0.2, -0.15) is 4.31 Å². The molecule has 0 unspecified atom stereocenters. The smallest absolute Gasteiger partial charge is 0.248 e. The number of piperazine rings is 5. The van der Waals surface area contributed by atoms with Crippen LogP contribution in [-0.4, -0.2) is 316 Å². The summed E-state index contributed by atoms with van der Waals surface area (Å²) in [5.41, 5.74) is 0.611. The highest BCUT2D eigenvalue weighted by Gasteiger charge is 2.43. The van der Waals surface area contributed by atoms with Crippen LogP contribution in [0.25, 0.3) is 4.85 Å². The lowest BCUT2D eigenvalue weighted by Crippen LogP contribution is -2.64. The lowest BCUT2D eigenvalue weighted by atomic mass is 9.80. The van der Waals surface area contributed by atoms with E-state index in [1.165, 1.54) is 56.3 Å². The molecule has 0 atom stereocenters. The van der Waals surface area contributed by atoms with E-state index in [4.69, 9.17) is 16.0 Å². The number of morpholine rings is 1. The Kier molecular flexibility index (Phi) is 114. The first kappa shape index (κ1) is 141. The average molecular weight is 1810 g/mol. The zero-order valence-corrected chi connectivity index (χ0v) is 88.9. The fraction of sp³-hybridized carbons (Fsp3) is 0.957. The molecule has 0 aromatic carbocycles. The molecule has 0 saturated carbocycles. The molecule has 14 N–H and O–H groups in total. The molecule has 0 radical (unpaired) electrons. The summed E-state index contributed by atoms with van der Waals surface area (Å²) in [4.78, 5) is 38.2. The second kappa shape index (κ2) is 99.7. The summed E-state index contributed by atoms with van der Waals surface area (Å²) in [7, 11) is -1.60. The van der Waals surface area contributed by atoms with E-state index < -0.39 is 25.7 Å². The number of carbonyl (C=O) groups excluding carboxylic acids is 3. The number of halogens is 1. The Bertz CT molecular complexity index is 2180. The van der Waals surface area contributed by atoms with Gasteiger partial charge in [-0.25, -0.2) is 27.8 Å². The summed E-state index contributed by atoms with van der Waals surface area (Å²) in [5, 5.41) is 42.0. The number of piperidine rings is 1. The first-order valence-electron chi connectivity index (χ1n) is 47.3. The molecular formula is C93H213FN18O9S2. The van der Waals surface area contributed by atoms with Crippen LogP contribution in [0.2, 0.25) is 0 Å².